The Balaban J connectivity index is 1.44. The number of hydrogen-bond donors (Lipinski definition) is 1. The van der Waals surface area contributed by atoms with Crippen molar-refractivity contribution in [1.82, 2.24) is 24.9 Å². The van der Waals surface area contributed by atoms with Crippen molar-refractivity contribution >= 4 is 23.7 Å². The number of amides is 3. The van der Waals surface area contributed by atoms with Gasteiger partial charge in [-0.2, -0.15) is 0 Å². The molecule has 3 heterocycles. The maximum Gasteiger partial charge on any atom is 0.329 e. The number of benzene rings is 1. The van der Waals surface area contributed by atoms with E-state index in [0.29, 0.717) is 19.5 Å². The van der Waals surface area contributed by atoms with Crippen LogP contribution in [0.2, 0.25) is 0 Å². The molecular formula is C39H63N5O5. The van der Waals surface area contributed by atoms with Crippen molar-refractivity contribution in [1.29, 1.82) is 0 Å². The first-order chi connectivity index (χ1) is 23.2. The summed E-state index contributed by atoms with van der Waals surface area (Å²) in [7, 11) is 3.82. The van der Waals surface area contributed by atoms with Crippen molar-refractivity contribution in [2.45, 2.75) is 136 Å². The molecule has 0 spiro atoms. The van der Waals surface area contributed by atoms with Crippen LogP contribution in [0.25, 0.3) is 0 Å². The SMILES string of the molecule is CCCC(OC(=O)C1CCCN1C(=O)[C@@H]1CCCN1C[C@H](C(C)C)N(C)C(=O)[C@@H](NC(=O)[C@H]1CCCCN1C)C(C)(C)C)c1ccccc1. The molecule has 10 nitrogen and oxygen atoms in total. The van der Waals surface area contributed by atoms with Crippen LogP contribution in [0.4, 0.5) is 0 Å². The zero-order chi connectivity index (χ0) is 35.9. The van der Waals surface area contributed by atoms with Gasteiger partial charge in [-0.3, -0.25) is 24.2 Å². The average Bonchev–Trinajstić information content (AvgIpc) is 3.75. The summed E-state index contributed by atoms with van der Waals surface area (Å²) < 4.78 is 6.08. The lowest BCUT2D eigenvalue weighted by atomic mass is 9.84. The van der Waals surface area contributed by atoms with E-state index >= 15 is 0 Å². The average molecular weight is 682 g/mol. The molecule has 3 saturated heterocycles. The third-order valence-electron chi connectivity index (χ3n) is 10.9. The fourth-order valence-corrected chi connectivity index (χ4v) is 7.91. The van der Waals surface area contributed by atoms with Crippen LogP contribution in [0.1, 0.15) is 111 Å². The molecule has 4 rings (SSSR count). The molecule has 10 heteroatoms. The second-order valence-corrected chi connectivity index (χ2v) is 16.0. The van der Waals surface area contributed by atoms with Crippen molar-refractivity contribution in [3.63, 3.8) is 0 Å². The van der Waals surface area contributed by atoms with Crippen molar-refractivity contribution in [2.24, 2.45) is 11.3 Å². The number of hydrogen-bond acceptors (Lipinski definition) is 7. The second-order valence-electron chi connectivity index (χ2n) is 16.0. The molecule has 2 unspecified atom stereocenters. The molecular weight excluding hydrogens is 618 g/mol. The zero-order valence-corrected chi connectivity index (χ0v) is 31.5. The summed E-state index contributed by atoms with van der Waals surface area (Å²) in [4.78, 5) is 63.3. The Morgan fingerprint density at radius 3 is 2.20 bits per heavy atom. The minimum Gasteiger partial charge on any atom is -0.456 e. The van der Waals surface area contributed by atoms with E-state index < -0.39 is 17.5 Å². The molecule has 0 aromatic heterocycles. The predicted octanol–water partition coefficient (Wildman–Crippen LogP) is 5.02. The molecule has 0 saturated carbocycles. The lowest BCUT2D eigenvalue weighted by Crippen LogP contribution is -2.61. The van der Waals surface area contributed by atoms with E-state index in [1.165, 1.54) is 0 Å². The van der Waals surface area contributed by atoms with E-state index in [0.717, 1.165) is 70.0 Å². The van der Waals surface area contributed by atoms with E-state index in [4.69, 9.17) is 4.74 Å². The van der Waals surface area contributed by atoms with Crippen LogP contribution in [0.3, 0.4) is 0 Å². The first-order valence-corrected chi connectivity index (χ1v) is 18.8. The summed E-state index contributed by atoms with van der Waals surface area (Å²) in [6.45, 7) is 15.0. The Hall–Kier alpha value is -2.98. The summed E-state index contributed by atoms with van der Waals surface area (Å²) in [6, 6.07) is 7.84. The fraction of sp³-hybridized carbons (Fsp3) is 0.744. The van der Waals surface area contributed by atoms with Gasteiger partial charge >= 0.3 is 5.97 Å². The van der Waals surface area contributed by atoms with Crippen LogP contribution in [-0.4, -0.2) is 114 Å². The Bertz CT molecular complexity index is 1270. The topological polar surface area (TPSA) is 102 Å². The maximum atomic E-state index is 14.2. The largest absolute Gasteiger partial charge is 0.456 e. The molecule has 1 N–H and O–H groups in total. The van der Waals surface area contributed by atoms with E-state index in [1.54, 1.807) is 9.80 Å². The van der Waals surface area contributed by atoms with Crippen LogP contribution in [0.15, 0.2) is 30.3 Å². The van der Waals surface area contributed by atoms with Gasteiger partial charge in [-0.05, 0) is 82.0 Å². The van der Waals surface area contributed by atoms with Gasteiger partial charge in [-0.15, -0.1) is 0 Å². The van der Waals surface area contributed by atoms with E-state index in [-0.39, 0.29) is 53.8 Å². The van der Waals surface area contributed by atoms with Gasteiger partial charge in [-0.1, -0.05) is 84.7 Å². The minimum absolute atomic E-state index is 0.0170. The van der Waals surface area contributed by atoms with Crippen molar-refractivity contribution in [2.75, 3.05) is 40.3 Å². The molecule has 0 radical (unpaired) electrons. The standard InChI is InChI=1S/C39H63N5O5/c1-9-17-33(28-18-11-10-12-19-28)49-38(48)31-22-16-25-44(31)36(46)30-21-15-24-43(30)26-32(27(2)3)42(8)37(47)34(39(4,5)6)40-35(45)29-20-13-14-23-41(29)7/h10-12,18-19,27,29-34H,9,13-17,20-26H2,1-8H3,(H,40,45)/t29-,30+,31?,32-,33?,34-/m1/s1. The number of nitrogens with one attached hydrogen (secondary N) is 1. The molecule has 0 aliphatic carbocycles. The minimum atomic E-state index is -0.679. The third kappa shape index (κ3) is 9.63. The number of piperidine rings is 1. The van der Waals surface area contributed by atoms with Gasteiger partial charge in [0.25, 0.3) is 0 Å². The molecule has 49 heavy (non-hydrogen) atoms. The van der Waals surface area contributed by atoms with Gasteiger partial charge in [0.1, 0.15) is 18.2 Å². The number of esters is 1. The Morgan fingerprint density at radius 1 is 0.918 bits per heavy atom. The highest BCUT2D eigenvalue weighted by molar-refractivity contribution is 5.91. The number of ether oxygens (including phenoxy) is 1. The molecule has 3 amide bonds. The molecule has 1 aromatic carbocycles. The van der Waals surface area contributed by atoms with Crippen LogP contribution in [0.5, 0.6) is 0 Å². The lowest BCUT2D eigenvalue weighted by Gasteiger charge is -2.41. The number of rotatable bonds is 13. The molecule has 6 atom stereocenters. The normalized spacial score (nSPS) is 24.0. The smallest absolute Gasteiger partial charge is 0.329 e. The van der Waals surface area contributed by atoms with Gasteiger partial charge in [-0.25, -0.2) is 4.79 Å². The quantitative estimate of drug-likeness (QED) is 0.292. The van der Waals surface area contributed by atoms with Gasteiger partial charge < -0.3 is 19.9 Å². The number of carbonyl (C=O) groups is 4. The van der Waals surface area contributed by atoms with E-state index in [2.05, 4.69) is 35.9 Å². The molecule has 274 valence electrons. The zero-order valence-electron chi connectivity index (χ0n) is 31.5. The highest BCUT2D eigenvalue weighted by Gasteiger charge is 2.44. The van der Waals surface area contributed by atoms with Gasteiger partial charge in [0, 0.05) is 26.2 Å². The van der Waals surface area contributed by atoms with Crippen molar-refractivity contribution in [3.8, 4) is 0 Å². The highest BCUT2D eigenvalue weighted by atomic mass is 16.5. The molecule has 3 fully saturated rings. The maximum absolute atomic E-state index is 14.2. The van der Waals surface area contributed by atoms with Crippen LogP contribution in [-0.2, 0) is 23.9 Å². The Kier molecular flexibility index (Phi) is 13.7. The lowest BCUT2D eigenvalue weighted by molar-refractivity contribution is -0.160. The monoisotopic (exact) mass is 681 g/mol. The fourth-order valence-electron chi connectivity index (χ4n) is 7.91. The second kappa shape index (κ2) is 17.3. The summed E-state index contributed by atoms with van der Waals surface area (Å²) >= 11 is 0. The summed E-state index contributed by atoms with van der Waals surface area (Å²) in [6.07, 6.45) is 7.14. The summed E-state index contributed by atoms with van der Waals surface area (Å²) in [5.74, 6) is -0.412. The van der Waals surface area contributed by atoms with Crippen LogP contribution in [0, 0.1) is 11.3 Å². The van der Waals surface area contributed by atoms with E-state index in [1.807, 2.05) is 65.2 Å². The first kappa shape index (κ1) is 38.8. The van der Waals surface area contributed by atoms with Gasteiger partial charge in [0.05, 0.1) is 12.1 Å². The third-order valence-corrected chi connectivity index (χ3v) is 10.9. The first-order valence-electron chi connectivity index (χ1n) is 18.8. The highest BCUT2D eigenvalue weighted by Crippen LogP contribution is 2.30. The van der Waals surface area contributed by atoms with Crippen molar-refractivity contribution < 1.29 is 23.9 Å². The Labute approximate surface area is 295 Å². The van der Waals surface area contributed by atoms with Crippen molar-refractivity contribution in [3.05, 3.63) is 35.9 Å². The molecule has 3 aliphatic rings. The number of carbonyl (C=O) groups excluding carboxylic acids is 4. The van der Waals surface area contributed by atoms with Crippen LogP contribution >= 0.6 is 0 Å². The van der Waals surface area contributed by atoms with E-state index in [9.17, 15) is 19.2 Å². The molecule has 1 aromatic rings. The molecule has 3 aliphatic heterocycles. The van der Waals surface area contributed by atoms with Gasteiger partial charge in [0.2, 0.25) is 17.7 Å². The van der Waals surface area contributed by atoms with Crippen LogP contribution < -0.4 is 5.32 Å². The number of likely N-dealkylation sites (tertiary alicyclic amines) is 3. The Morgan fingerprint density at radius 2 is 1.57 bits per heavy atom. The summed E-state index contributed by atoms with van der Waals surface area (Å²) in [5.41, 5.74) is 0.487. The molecule has 0 bridgehead atoms. The number of likely N-dealkylation sites (N-methyl/N-ethyl adjacent to an activating group) is 2. The number of nitrogens with zero attached hydrogens (tertiary/aromatic N) is 4. The summed E-state index contributed by atoms with van der Waals surface area (Å²) in [5, 5.41) is 3.15. The predicted molar refractivity (Wildman–Crippen MR) is 193 cm³/mol. The van der Waals surface area contributed by atoms with Gasteiger partial charge in [0.15, 0.2) is 0 Å².